The number of benzene rings is 1. The summed E-state index contributed by atoms with van der Waals surface area (Å²) in [5, 5.41) is 3.64. The van der Waals surface area contributed by atoms with E-state index >= 15 is 0 Å². The van der Waals surface area contributed by atoms with Gasteiger partial charge in [0.05, 0.1) is 12.4 Å². The lowest BCUT2D eigenvalue weighted by Gasteiger charge is -2.36. The van der Waals surface area contributed by atoms with Crippen LogP contribution < -0.4 is 5.32 Å². The average Bonchev–Trinajstić information content (AvgIpc) is 3.03. The van der Waals surface area contributed by atoms with Crippen molar-refractivity contribution in [1.82, 2.24) is 14.7 Å². The minimum Gasteiger partial charge on any atom is -0.353 e. The van der Waals surface area contributed by atoms with E-state index < -0.39 is 0 Å². The molecule has 3 aliphatic rings. The van der Waals surface area contributed by atoms with E-state index in [1.54, 1.807) is 6.07 Å². The molecule has 0 unspecified atom stereocenters. The first-order valence-corrected chi connectivity index (χ1v) is 9.55. The summed E-state index contributed by atoms with van der Waals surface area (Å²) in [6.07, 6.45) is 3.90. The third kappa shape index (κ3) is 3.78. The number of anilines is 1. The van der Waals surface area contributed by atoms with E-state index in [2.05, 4.69) is 32.0 Å². The number of nitrogens with zero attached hydrogens (tertiary/aromatic N) is 5. The van der Waals surface area contributed by atoms with Crippen LogP contribution in [0.3, 0.4) is 0 Å². The second-order valence-electron chi connectivity index (χ2n) is 7.10. The van der Waals surface area contributed by atoms with Crippen molar-refractivity contribution in [3.8, 4) is 0 Å². The number of piperazine rings is 1. The fourth-order valence-corrected chi connectivity index (χ4v) is 3.73. The number of aryl methyl sites for hydroxylation is 1. The molecule has 0 aliphatic carbocycles. The minimum absolute atomic E-state index is 0.0821. The minimum atomic E-state index is -0.0821. The van der Waals surface area contributed by atoms with Crippen LogP contribution in [0.15, 0.2) is 40.1 Å². The Bertz CT molecular complexity index is 841. The Balaban J connectivity index is 1.35. The summed E-state index contributed by atoms with van der Waals surface area (Å²) in [5.41, 5.74) is 1.74. The SMILES string of the molecule is Cc1cc(Cl)ccc1NC(=O)N1CCN(C2=CC3=N[C@@H](C)CN3C=N2)CC1. The van der Waals surface area contributed by atoms with Gasteiger partial charge in [-0.1, -0.05) is 11.6 Å². The van der Waals surface area contributed by atoms with Crippen molar-refractivity contribution in [3.63, 3.8) is 0 Å². The van der Waals surface area contributed by atoms with E-state index in [0.717, 1.165) is 42.5 Å². The van der Waals surface area contributed by atoms with Gasteiger partial charge in [0.25, 0.3) is 0 Å². The highest BCUT2D eigenvalue weighted by Gasteiger charge is 2.27. The van der Waals surface area contributed by atoms with Crippen LogP contribution in [0.2, 0.25) is 5.02 Å². The number of nitrogens with one attached hydrogen (secondary N) is 1. The normalized spacial score (nSPS) is 21.7. The standard InChI is InChI=1S/C19H23ClN6O/c1-13-9-15(20)3-4-16(13)23-19(27)25-7-5-24(6-8-25)17-10-18-22-14(2)11-26(18)12-21-17/h3-4,9-10,12,14H,5-8,11H2,1-2H3,(H,23,27)/t14-/m0/s1. The van der Waals surface area contributed by atoms with Crippen LogP contribution >= 0.6 is 11.6 Å². The maximum atomic E-state index is 12.6. The van der Waals surface area contributed by atoms with Gasteiger partial charge in [-0.3, -0.25) is 4.99 Å². The Hall–Kier alpha value is -2.54. The monoisotopic (exact) mass is 386 g/mol. The second-order valence-corrected chi connectivity index (χ2v) is 7.54. The van der Waals surface area contributed by atoms with E-state index in [0.29, 0.717) is 24.2 Å². The van der Waals surface area contributed by atoms with Gasteiger partial charge in [-0.25, -0.2) is 9.79 Å². The van der Waals surface area contributed by atoms with Gasteiger partial charge >= 0.3 is 6.03 Å². The zero-order valence-corrected chi connectivity index (χ0v) is 16.3. The lowest BCUT2D eigenvalue weighted by atomic mass is 10.2. The van der Waals surface area contributed by atoms with E-state index in [4.69, 9.17) is 11.6 Å². The molecule has 1 N–H and O–H groups in total. The van der Waals surface area contributed by atoms with Crippen molar-refractivity contribution in [2.24, 2.45) is 9.98 Å². The third-order valence-electron chi connectivity index (χ3n) is 5.02. The van der Waals surface area contributed by atoms with E-state index in [-0.39, 0.29) is 6.03 Å². The van der Waals surface area contributed by atoms with Crippen LogP contribution in [0, 0.1) is 6.92 Å². The maximum Gasteiger partial charge on any atom is 0.321 e. The zero-order valence-electron chi connectivity index (χ0n) is 15.5. The number of urea groups is 1. The molecule has 1 saturated heterocycles. The van der Waals surface area contributed by atoms with Crippen molar-refractivity contribution in [3.05, 3.63) is 40.7 Å². The van der Waals surface area contributed by atoms with Gasteiger partial charge in [-0.15, -0.1) is 0 Å². The molecule has 0 saturated carbocycles. The molecule has 1 fully saturated rings. The lowest BCUT2D eigenvalue weighted by molar-refractivity contribution is 0.167. The highest BCUT2D eigenvalue weighted by Crippen LogP contribution is 2.21. The number of amidine groups is 1. The molecule has 27 heavy (non-hydrogen) atoms. The molecule has 1 aromatic rings. The van der Waals surface area contributed by atoms with Gasteiger partial charge in [0.15, 0.2) is 0 Å². The average molecular weight is 387 g/mol. The van der Waals surface area contributed by atoms with Gasteiger partial charge in [0, 0.05) is 49.5 Å². The highest BCUT2D eigenvalue weighted by atomic mass is 35.5. The second kappa shape index (κ2) is 7.23. The maximum absolute atomic E-state index is 12.6. The number of amides is 2. The summed E-state index contributed by atoms with van der Waals surface area (Å²) in [7, 11) is 0. The molecule has 2 amide bonds. The number of fused-ring (bicyclic) bond motifs is 1. The zero-order chi connectivity index (χ0) is 19.0. The first-order chi connectivity index (χ1) is 13.0. The largest absolute Gasteiger partial charge is 0.353 e. The predicted molar refractivity (Wildman–Crippen MR) is 109 cm³/mol. The summed E-state index contributed by atoms with van der Waals surface area (Å²) >= 11 is 5.98. The van der Waals surface area contributed by atoms with Crippen molar-refractivity contribution in [1.29, 1.82) is 0 Å². The number of carbonyl (C=O) groups is 1. The summed E-state index contributed by atoms with van der Waals surface area (Å²) in [6, 6.07) is 5.69. The van der Waals surface area contributed by atoms with Gasteiger partial charge in [0.1, 0.15) is 11.7 Å². The van der Waals surface area contributed by atoms with Crippen molar-refractivity contribution in [2.75, 3.05) is 38.0 Å². The quantitative estimate of drug-likeness (QED) is 0.850. The number of rotatable bonds is 2. The van der Waals surface area contributed by atoms with Crippen LogP contribution in [0.1, 0.15) is 12.5 Å². The number of halogens is 1. The molecule has 0 aromatic heterocycles. The Morgan fingerprint density at radius 3 is 2.78 bits per heavy atom. The van der Waals surface area contributed by atoms with Gasteiger partial charge in [0.2, 0.25) is 0 Å². The molecule has 142 valence electrons. The Morgan fingerprint density at radius 2 is 2.04 bits per heavy atom. The molecule has 3 heterocycles. The fraction of sp³-hybridized carbons (Fsp3) is 0.421. The molecule has 8 heteroatoms. The van der Waals surface area contributed by atoms with Crippen LogP contribution in [-0.4, -0.2) is 71.7 Å². The molecule has 7 nitrogen and oxygen atoms in total. The molecule has 0 bridgehead atoms. The summed E-state index contributed by atoms with van der Waals surface area (Å²) in [6.45, 7) is 7.73. The Kier molecular flexibility index (Phi) is 4.78. The van der Waals surface area contributed by atoms with Crippen molar-refractivity contribution in [2.45, 2.75) is 19.9 Å². The van der Waals surface area contributed by atoms with Crippen LogP contribution in [0.5, 0.6) is 0 Å². The first kappa shape index (κ1) is 17.9. The number of aliphatic imine (C=N–C) groups is 2. The number of hydrogen-bond donors (Lipinski definition) is 1. The van der Waals surface area contributed by atoms with E-state index in [1.165, 1.54) is 0 Å². The Morgan fingerprint density at radius 1 is 1.26 bits per heavy atom. The van der Waals surface area contributed by atoms with Gasteiger partial charge in [-0.2, -0.15) is 0 Å². The van der Waals surface area contributed by atoms with Gasteiger partial charge in [-0.05, 0) is 37.6 Å². The molecule has 4 rings (SSSR count). The predicted octanol–water partition coefficient (Wildman–Crippen LogP) is 2.78. The van der Waals surface area contributed by atoms with E-state index in [1.807, 2.05) is 36.4 Å². The smallest absolute Gasteiger partial charge is 0.321 e. The number of carbonyl (C=O) groups excluding carboxylic acids is 1. The van der Waals surface area contributed by atoms with Crippen molar-refractivity contribution < 1.29 is 4.79 Å². The topological polar surface area (TPSA) is 63.5 Å². The molecular formula is C19H23ClN6O. The van der Waals surface area contributed by atoms with Crippen LogP contribution in [0.4, 0.5) is 10.5 Å². The summed E-state index contributed by atoms with van der Waals surface area (Å²) in [4.78, 5) is 27.9. The third-order valence-corrected chi connectivity index (χ3v) is 5.25. The molecule has 0 spiro atoms. The fourth-order valence-electron chi connectivity index (χ4n) is 3.50. The van der Waals surface area contributed by atoms with Gasteiger partial charge < -0.3 is 20.0 Å². The number of hydrogen-bond acceptors (Lipinski definition) is 5. The summed E-state index contributed by atoms with van der Waals surface area (Å²) < 4.78 is 0. The molecule has 1 aromatic carbocycles. The first-order valence-electron chi connectivity index (χ1n) is 9.17. The van der Waals surface area contributed by atoms with Crippen LogP contribution in [0.25, 0.3) is 0 Å². The van der Waals surface area contributed by atoms with E-state index in [9.17, 15) is 4.79 Å². The van der Waals surface area contributed by atoms with Crippen LogP contribution in [-0.2, 0) is 0 Å². The molecule has 0 radical (unpaired) electrons. The Labute approximate surface area is 164 Å². The summed E-state index contributed by atoms with van der Waals surface area (Å²) in [5.74, 6) is 1.90. The molecule has 1 atom stereocenters. The van der Waals surface area contributed by atoms with Crippen molar-refractivity contribution >= 4 is 35.5 Å². The lowest BCUT2D eigenvalue weighted by Crippen LogP contribution is -2.50. The molecule has 3 aliphatic heterocycles. The highest BCUT2D eigenvalue weighted by molar-refractivity contribution is 6.30. The molecular weight excluding hydrogens is 364 g/mol.